The number of nitrogens with one attached hydrogen (secondary N) is 3. The molecular formula is C27H35N3O5. The fourth-order valence-corrected chi connectivity index (χ4v) is 3.80. The maximum atomic E-state index is 13.3. The van der Waals surface area contributed by atoms with Gasteiger partial charge in [0.1, 0.15) is 11.8 Å². The SMILES string of the molecule is COc1cccc(C(=O)NC(CC(C)C)C(=O)NC(Cc2ccccc2)C(O)C(=O)NC2CC2)c1. The van der Waals surface area contributed by atoms with Gasteiger partial charge in [0, 0.05) is 11.6 Å². The predicted molar refractivity (Wildman–Crippen MR) is 133 cm³/mol. The van der Waals surface area contributed by atoms with E-state index in [4.69, 9.17) is 4.74 Å². The number of aliphatic hydroxyl groups is 1. The summed E-state index contributed by atoms with van der Waals surface area (Å²) in [6.45, 7) is 3.91. The zero-order valence-corrected chi connectivity index (χ0v) is 20.5. The first-order chi connectivity index (χ1) is 16.8. The summed E-state index contributed by atoms with van der Waals surface area (Å²) in [4.78, 5) is 38.8. The van der Waals surface area contributed by atoms with E-state index in [-0.39, 0.29) is 18.4 Å². The Morgan fingerprint density at radius 1 is 1.00 bits per heavy atom. The molecule has 2 aromatic rings. The molecule has 1 saturated carbocycles. The third-order valence-corrected chi connectivity index (χ3v) is 5.86. The second-order valence-electron chi connectivity index (χ2n) is 9.42. The summed E-state index contributed by atoms with van der Waals surface area (Å²) in [5.41, 5.74) is 1.24. The van der Waals surface area contributed by atoms with Crippen molar-refractivity contribution >= 4 is 17.7 Å². The quantitative estimate of drug-likeness (QED) is 0.371. The number of aliphatic hydroxyl groups excluding tert-OH is 1. The number of methoxy groups -OCH3 is 1. The minimum atomic E-state index is -1.42. The lowest BCUT2D eigenvalue weighted by atomic mass is 9.98. The normalized spacial score (nSPS) is 15.6. The van der Waals surface area contributed by atoms with Crippen molar-refractivity contribution in [2.24, 2.45) is 5.92 Å². The molecule has 1 aliphatic carbocycles. The van der Waals surface area contributed by atoms with Crippen LogP contribution in [-0.4, -0.2) is 54.2 Å². The number of ether oxygens (including phenoxy) is 1. The van der Waals surface area contributed by atoms with Crippen LogP contribution in [0, 0.1) is 5.92 Å². The number of carbonyl (C=O) groups is 3. The summed E-state index contributed by atoms with van der Waals surface area (Å²) >= 11 is 0. The van der Waals surface area contributed by atoms with Crippen LogP contribution in [0.15, 0.2) is 54.6 Å². The van der Waals surface area contributed by atoms with Gasteiger partial charge >= 0.3 is 0 Å². The molecule has 3 unspecified atom stereocenters. The van der Waals surface area contributed by atoms with E-state index in [9.17, 15) is 19.5 Å². The standard InChI is InChI=1S/C27H35N3O5/c1-17(2)14-23(30-25(32)19-10-7-11-21(16-19)35-3)26(33)29-22(15-18-8-5-4-6-9-18)24(31)27(34)28-20-12-13-20/h4-11,16-17,20,22-24,31H,12-15H2,1-3H3,(H,28,34)(H,29,33)(H,30,32). The average Bonchev–Trinajstić information content (AvgIpc) is 3.67. The second kappa shape index (κ2) is 12.4. The van der Waals surface area contributed by atoms with E-state index in [1.54, 1.807) is 24.3 Å². The molecule has 0 heterocycles. The third kappa shape index (κ3) is 8.10. The number of benzene rings is 2. The van der Waals surface area contributed by atoms with Crippen molar-refractivity contribution in [1.82, 2.24) is 16.0 Å². The van der Waals surface area contributed by atoms with Crippen molar-refractivity contribution in [3.8, 4) is 5.75 Å². The molecule has 0 saturated heterocycles. The van der Waals surface area contributed by atoms with Gasteiger partial charge in [-0.2, -0.15) is 0 Å². The van der Waals surface area contributed by atoms with Crippen LogP contribution in [0.3, 0.4) is 0 Å². The minimum Gasteiger partial charge on any atom is -0.497 e. The number of hydrogen-bond acceptors (Lipinski definition) is 5. The molecule has 4 N–H and O–H groups in total. The Morgan fingerprint density at radius 3 is 2.34 bits per heavy atom. The van der Waals surface area contributed by atoms with Crippen LogP contribution >= 0.6 is 0 Å². The van der Waals surface area contributed by atoms with Gasteiger partial charge in [-0.1, -0.05) is 50.2 Å². The van der Waals surface area contributed by atoms with Crippen molar-refractivity contribution < 1.29 is 24.2 Å². The highest BCUT2D eigenvalue weighted by molar-refractivity contribution is 5.98. The Hall–Kier alpha value is -3.39. The van der Waals surface area contributed by atoms with Crippen LogP contribution < -0.4 is 20.7 Å². The van der Waals surface area contributed by atoms with Crippen molar-refractivity contribution in [3.05, 3.63) is 65.7 Å². The van der Waals surface area contributed by atoms with Gasteiger partial charge in [0.25, 0.3) is 11.8 Å². The van der Waals surface area contributed by atoms with E-state index >= 15 is 0 Å². The molecule has 3 atom stereocenters. The van der Waals surface area contributed by atoms with E-state index < -0.39 is 35.9 Å². The molecule has 0 bridgehead atoms. The summed E-state index contributed by atoms with van der Waals surface area (Å²) in [5, 5.41) is 19.3. The molecule has 0 radical (unpaired) electrons. The molecule has 188 valence electrons. The topological polar surface area (TPSA) is 117 Å². The molecule has 3 amide bonds. The summed E-state index contributed by atoms with van der Waals surface area (Å²) in [6, 6.07) is 14.4. The Kier molecular flexibility index (Phi) is 9.25. The summed E-state index contributed by atoms with van der Waals surface area (Å²) in [6.07, 6.45) is 1.02. The molecule has 35 heavy (non-hydrogen) atoms. The van der Waals surface area contributed by atoms with Gasteiger partial charge in [0.05, 0.1) is 13.2 Å². The molecule has 0 aliphatic heterocycles. The minimum absolute atomic E-state index is 0.0843. The molecular weight excluding hydrogens is 446 g/mol. The van der Waals surface area contributed by atoms with Gasteiger partial charge < -0.3 is 25.8 Å². The molecule has 1 fully saturated rings. The van der Waals surface area contributed by atoms with E-state index in [2.05, 4.69) is 16.0 Å². The smallest absolute Gasteiger partial charge is 0.252 e. The van der Waals surface area contributed by atoms with Crippen LogP contribution in [0.4, 0.5) is 0 Å². The van der Waals surface area contributed by atoms with E-state index in [0.29, 0.717) is 17.7 Å². The Balaban J connectivity index is 1.75. The van der Waals surface area contributed by atoms with Crippen LogP contribution in [0.5, 0.6) is 5.75 Å². The van der Waals surface area contributed by atoms with Crippen LogP contribution in [-0.2, 0) is 16.0 Å². The van der Waals surface area contributed by atoms with Crippen molar-refractivity contribution in [3.63, 3.8) is 0 Å². The highest BCUT2D eigenvalue weighted by atomic mass is 16.5. The largest absolute Gasteiger partial charge is 0.497 e. The van der Waals surface area contributed by atoms with Gasteiger partial charge in [-0.05, 0) is 55.4 Å². The lowest BCUT2D eigenvalue weighted by Gasteiger charge is -2.27. The lowest BCUT2D eigenvalue weighted by Crippen LogP contribution is -2.56. The number of carbonyl (C=O) groups excluding carboxylic acids is 3. The Labute approximate surface area is 206 Å². The number of amides is 3. The van der Waals surface area contributed by atoms with Gasteiger partial charge in [0.15, 0.2) is 6.10 Å². The molecule has 1 aliphatic rings. The van der Waals surface area contributed by atoms with Gasteiger partial charge in [-0.15, -0.1) is 0 Å². The van der Waals surface area contributed by atoms with Crippen LogP contribution in [0.25, 0.3) is 0 Å². The van der Waals surface area contributed by atoms with E-state index in [1.165, 1.54) is 7.11 Å². The highest BCUT2D eigenvalue weighted by Crippen LogP contribution is 2.19. The molecule has 0 spiro atoms. The maximum absolute atomic E-state index is 13.3. The second-order valence-corrected chi connectivity index (χ2v) is 9.42. The Morgan fingerprint density at radius 2 is 1.71 bits per heavy atom. The monoisotopic (exact) mass is 481 g/mol. The van der Waals surface area contributed by atoms with Crippen LogP contribution in [0.2, 0.25) is 0 Å². The molecule has 8 nitrogen and oxygen atoms in total. The fourth-order valence-electron chi connectivity index (χ4n) is 3.80. The molecule has 2 aromatic carbocycles. The fraction of sp³-hybridized carbons (Fsp3) is 0.444. The van der Waals surface area contributed by atoms with Crippen molar-refractivity contribution in [1.29, 1.82) is 0 Å². The zero-order valence-electron chi connectivity index (χ0n) is 20.5. The first-order valence-corrected chi connectivity index (χ1v) is 12.0. The third-order valence-electron chi connectivity index (χ3n) is 5.86. The van der Waals surface area contributed by atoms with Crippen LogP contribution in [0.1, 0.15) is 49.0 Å². The first kappa shape index (κ1) is 26.2. The number of rotatable bonds is 12. The van der Waals surface area contributed by atoms with Crippen molar-refractivity contribution in [2.45, 2.75) is 63.8 Å². The predicted octanol–water partition coefficient (Wildman–Crippen LogP) is 2.21. The molecule has 0 aromatic heterocycles. The van der Waals surface area contributed by atoms with E-state index in [0.717, 1.165) is 18.4 Å². The molecule has 8 heteroatoms. The lowest BCUT2D eigenvalue weighted by molar-refractivity contribution is -0.132. The Bertz CT molecular complexity index is 1010. The zero-order chi connectivity index (χ0) is 25.4. The summed E-state index contributed by atoms with van der Waals surface area (Å²) in [7, 11) is 1.52. The maximum Gasteiger partial charge on any atom is 0.252 e. The average molecular weight is 482 g/mol. The van der Waals surface area contributed by atoms with Gasteiger partial charge in [0.2, 0.25) is 5.91 Å². The summed E-state index contributed by atoms with van der Waals surface area (Å²) < 4.78 is 5.19. The number of hydrogen-bond donors (Lipinski definition) is 4. The highest BCUT2D eigenvalue weighted by Gasteiger charge is 2.34. The first-order valence-electron chi connectivity index (χ1n) is 12.0. The van der Waals surface area contributed by atoms with Gasteiger partial charge in [-0.25, -0.2) is 0 Å². The molecule has 3 rings (SSSR count). The van der Waals surface area contributed by atoms with E-state index in [1.807, 2.05) is 44.2 Å². The summed E-state index contributed by atoms with van der Waals surface area (Å²) in [5.74, 6) is -0.706. The van der Waals surface area contributed by atoms with Gasteiger partial charge in [-0.3, -0.25) is 14.4 Å². The van der Waals surface area contributed by atoms with Crippen molar-refractivity contribution in [2.75, 3.05) is 7.11 Å².